The van der Waals surface area contributed by atoms with Crippen molar-refractivity contribution < 1.29 is 38.2 Å². The first-order valence-corrected chi connectivity index (χ1v) is 10.7. The third kappa shape index (κ3) is 8.51. The molecule has 0 bridgehead atoms. The Kier molecular flexibility index (Phi) is 10.4. The molecule has 2 rings (SSSR count). The molecule has 2 atom stereocenters. The number of halogens is 2. The number of rotatable bonds is 10. The molecule has 2 aromatic rings. The van der Waals surface area contributed by atoms with Gasteiger partial charge in [0.25, 0.3) is 5.91 Å². The van der Waals surface area contributed by atoms with Crippen LogP contribution in [0.1, 0.15) is 32.4 Å². The van der Waals surface area contributed by atoms with Crippen LogP contribution in [0.3, 0.4) is 0 Å². The zero-order valence-electron chi connectivity index (χ0n) is 19.5. The number of carbonyl (C=O) groups is 2. The Labute approximate surface area is 201 Å². The molecule has 0 aliphatic rings. The third-order valence-corrected chi connectivity index (χ3v) is 5.07. The molecule has 35 heavy (non-hydrogen) atoms. The van der Waals surface area contributed by atoms with E-state index in [4.69, 9.17) is 19.8 Å². The lowest BCUT2D eigenvalue weighted by Gasteiger charge is -2.26. The lowest BCUT2D eigenvalue weighted by Crippen LogP contribution is -2.23. The van der Waals surface area contributed by atoms with Gasteiger partial charge in [-0.1, -0.05) is 30.7 Å². The number of ether oxygens (including phenoxy) is 2. The van der Waals surface area contributed by atoms with Gasteiger partial charge in [0, 0.05) is 18.1 Å². The molecule has 0 saturated heterocycles. The zero-order chi connectivity index (χ0) is 26.0. The van der Waals surface area contributed by atoms with Crippen molar-refractivity contribution in [3.05, 3.63) is 83.0 Å². The number of hydrogen-bond donors (Lipinski definition) is 4. The fraction of sp³-hybridized carbons (Fsp3) is 0.280. The number of amides is 2. The summed E-state index contributed by atoms with van der Waals surface area (Å²) < 4.78 is 38.1. The molecule has 0 aromatic heterocycles. The van der Waals surface area contributed by atoms with Crippen LogP contribution < -0.4 is 15.5 Å². The molecule has 2 aromatic carbocycles. The van der Waals surface area contributed by atoms with Gasteiger partial charge in [0.1, 0.15) is 30.1 Å². The van der Waals surface area contributed by atoms with Crippen LogP contribution in [0.5, 0.6) is 5.75 Å². The average Bonchev–Trinajstić information content (AvgIpc) is 2.82. The monoisotopic (exact) mass is 490 g/mol. The molecule has 2 amide bonds. The smallest absolute Gasteiger partial charge is 0.412 e. The second kappa shape index (κ2) is 13.2. The van der Waals surface area contributed by atoms with Crippen LogP contribution >= 0.6 is 0 Å². The third-order valence-electron chi connectivity index (χ3n) is 5.07. The fourth-order valence-corrected chi connectivity index (χ4v) is 3.23. The number of allylic oxidation sites excluding steroid dienone is 2. The predicted octanol–water partition coefficient (Wildman–Crippen LogP) is 4.66. The summed E-state index contributed by atoms with van der Waals surface area (Å²) >= 11 is 0. The summed E-state index contributed by atoms with van der Waals surface area (Å²) in [4.78, 5) is 24.0. The van der Waals surface area contributed by atoms with E-state index < -0.39 is 35.7 Å². The molecule has 0 radical (unpaired) electrons. The van der Waals surface area contributed by atoms with E-state index >= 15 is 0 Å². The molecule has 188 valence electrons. The molecule has 0 aliphatic carbocycles. The molecule has 0 spiro atoms. The van der Waals surface area contributed by atoms with Crippen LogP contribution in [-0.4, -0.2) is 35.5 Å². The van der Waals surface area contributed by atoms with E-state index in [0.29, 0.717) is 23.0 Å². The molecular weight excluding hydrogens is 462 g/mol. The Morgan fingerprint density at radius 2 is 1.77 bits per heavy atom. The predicted molar refractivity (Wildman–Crippen MR) is 125 cm³/mol. The first kappa shape index (κ1) is 27.5. The molecule has 0 unspecified atom stereocenters. The van der Waals surface area contributed by atoms with E-state index in [-0.39, 0.29) is 18.9 Å². The Morgan fingerprint density at radius 1 is 1.09 bits per heavy atom. The maximum atomic E-state index is 14.0. The van der Waals surface area contributed by atoms with E-state index in [1.165, 1.54) is 11.6 Å². The Hall–Kier alpha value is -3.76. The average molecular weight is 491 g/mol. The molecule has 8 nitrogen and oxygen atoms in total. The van der Waals surface area contributed by atoms with Gasteiger partial charge in [-0.2, -0.15) is 0 Å². The summed E-state index contributed by atoms with van der Waals surface area (Å²) in [5, 5.41) is 19.9. The molecule has 0 aliphatic heterocycles. The highest BCUT2D eigenvalue weighted by Crippen LogP contribution is 2.33. The minimum Gasteiger partial charge on any atom is -0.491 e. The quantitative estimate of drug-likeness (QED) is 0.167. The number of hydrogen-bond acceptors (Lipinski definition) is 6. The van der Waals surface area contributed by atoms with Crippen molar-refractivity contribution in [1.29, 1.82) is 0 Å². The highest BCUT2D eigenvalue weighted by atomic mass is 19.1. The number of aliphatic hydroxyl groups excluding tert-OH is 1. The van der Waals surface area contributed by atoms with Crippen molar-refractivity contribution in [2.45, 2.75) is 26.9 Å². The van der Waals surface area contributed by atoms with Crippen LogP contribution in [0.2, 0.25) is 0 Å². The van der Waals surface area contributed by atoms with Crippen molar-refractivity contribution in [2.24, 2.45) is 5.92 Å². The molecule has 0 heterocycles. The van der Waals surface area contributed by atoms with Crippen molar-refractivity contribution in [1.82, 2.24) is 5.48 Å². The minimum absolute atomic E-state index is 0.121. The Balaban J connectivity index is 2.31. The number of anilines is 1. The Morgan fingerprint density at radius 3 is 2.37 bits per heavy atom. The van der Waals surface area contributed by atoms with Crippen molar-refractivity contribution in [3.8, 4) is 5.75 Å². The molecule has 10 heteroatoms. The number of hydroxylamine groups is 1. The van der Waals surface area contributed by atoms with Gasteiger partial charge in [-0.25, -0.2) is 19.1 Å². The van der Waals surface area contributed by atoms with E-state index in [1.807, 2.05) is 0 Å². The number of aliphatic hydroxyl groups is 1. The second-order valence-electron chi connectivity index (χ2n) is 7.76. The van der Waals surface area contributed by atoms with Gasteiger partial charge >= 0.3 is 6.09 Å². The zero-order valence-corrected chi connectivity index (χ0v) is 19.5. The van der Waals surface area contributed by atoms with Gasteiger partial charge in [-0.05, 0) is 49.2 Å². The second-order valence-corrected chi connectivity index (χ2v) is 7.76. The molecule has 4 N–H and O–H groups in total. The van der Waals surface area contributed by atoms with Crippen LogP contribution in [-0.2, 0) is 9.53 Å². The van der Waals surface area contributed by atoms with Gasteiger partial charge in [0.05, 0.1) is 12.3 Å². The van der Waals surface area contributed by atoms with E-state index in [0.717, 1.165) is 17.7 Å². The normalized spacial score (nSPS) is 13.6. The number of nitrogens with one attached hydrogen (secondary N) is 2. The lowest BCUT2D eigenvalue weighted by atomic mass is 9.90. The fourth-order valence-electron chi connectivity index (χ4n) is 3.23. The summed E-state index contributed by atoms with van der Waals surface area (Å²) in [6, 6.07) is 9.43. The summed E-state index contributed by atoms with van der Waals surface area (Å²) in [7, 11) is 0. The van der Waals surface area contributed by atoms with Gasteiger partial charge in [0.2, 0.25) is 0 Å². The van der Waals surface area contributed by atoms with Crippen LogP contribution in [0.15, 0.2) is 65.8 Å². The SMILES string of the molecule is CC(=C\C(=O)NO)/C=C(\C)[C@H](C)[C@H](OC(=O)Nc1ccc(F)cc1F)c1ccc(OCCO)cc1. The van der Waals surface area contributed by atoms with Gasteiger partial charge < -0.3 is 14.6 Å². The van der Waals surface area contributed by atoms with Crippen LogP contribution in [0.4, 0.5) is 19.3 Å². The highest BCUT2D eigenvalue weighted by Gasteiger charge is 2.26. The number of carbonyl (C=O) groups excluding carboxylic acids is 2. The Bertz CT molecular complexity index is 1090. The summed E-state index contributed by atoms with van der Waals surface area (Å²) in [6.07, 6.45) is 1.12. The minimum atomic E-state index is -0.951. The maximum Gasteiger partial charge on any atom is 0.412 e. The lowest BCUT2D eigenvalue weighted by molar-refractivity contribution is -0.124. The first-order chi connectivity index (χ1) is 16.6. The molecule has 0 fully saturated rings. The van der Waals surface area contributed by atoms with Gasteiger partial charge in [-0.3, -0.25) is 15.3 Å². The van der Waals surface area contributed by atoms with Gasteiger partial charge in [0.15, 0.2) is 0 Å². The molecular formula is C25H28F2N2O6. The van der Waals surface area contributed by atoms with Crippen molar-refractivity contribution in [3.63, 3.8) is 0 Å². The van der Waals surface area contributed by atoms with Crippen molar-refractivity contribution in [2.75, 3.05) is 18.5 Å². The molecule has 0 saturated carbocycles. The van der Waals surface area contributed by atoms with Gasteiger partial charge in [-0.15, -0.1) is 0 Å². The van der Waals surface area contributed by atoms with E-state index in [1.54, 1.807) is 51.1 Å². The topological polar surface area (TPSA) is 117 Å². The summed E-state index contributed by atoms with van der Waals surface area (Å²) in [5.41, 5.74) is 3.18. The summed E-state index contributed by atoms with van der Waals surface area (Å²) in [5.74, 6) is -2.31. The standard InChI is InChI=1S/C25H28F2N2O6/c1-15(13-23(31)29-33)12-16(2)17(3)24(18-4-7-20(8-5-18)34-11-10-30)35-25(32)28-22-9-6-19(26)14-21(22)27/h4-9,12-14,17,24,30,33H,10-11H2,1-3H3,(H,28,32)(H,29,31)/b15-13+,16-12+/t17-,24-/m0/s1. The maximum absolute atomic E-state index is 14.0. The summed E-state index contributed by atoms with van der Waals surface area (Å²) in [6.45, 7) is 5.23. The van der Waals surface area contributed by atoms with Crippen LogP contribution in [0.25, 0.3) is 0 Å². The highest BCUT2D eigenvalue weighted by molar-refractivity contribution is 5.87. The van der Waals surface area contributed by atoms with E-state index in [2.05, 4.69) is 5.32 Å². The largest absolute Gasteiger partial charge is 0.491 e. The van der Waals surface area contributed by atoms with Crippen LogP contribution in [0, 0.1) is 17.6 Å². The van der Waals surface area contributed by atoms with E-state index in [9.17, 15) is 18.4 Å². The first-order valence-electron chi connectivity index (χ1n) is 10.7. The number of benzene rings is 2. The van der Waals surface area contributed by atoms with Crippen molar-refractivity contribution >= 4 is 17.7 Å².